The minimum atomic E-state index is 0.116. The van der Waals surface area contributed by atoms with E-state index < -0.39 is 0 Å². The molecule has 23 heavy (non-hydrogen) atoms. The Kier molecular flexibility index (Phi) is 3.72. The van der Waals surface area contributed by atoms with Crippen LogP contribution in [0, 0.1) is 34.0 Å². The zero-order chi connectivity index (χ0) is 16.3. The van der Waals surface area contributed by atoms with Crippen molar-refractivity contribution in [2.75, 3.05) is 13.2 Å². The molecule has 0 unspecified atom stereocenters. The van der Waals surface area contributed by atoms with Crippen molar-refractivity contribution in [3.05, 3.63) is 11.6 Å². The monoisotopic (exact) mass is 320 g/mol. The highest BCUT2D eigenvalue weighted by molar-refractivity contribution is 5.28. The summed E-state index contributed by atoms with van der Waals surface area (Å²) in [6, 6.07) is 0. The molecule has 3 nitrogen and oxygen atoms in total. The van der Waals surface area contributed by atoms with Gasteiger partial charge in [-0.3, -0.25) is 5.26 Å². The highest BCUT2D eigenvalue weighted by Gasteiger charge is 2.62. The van der Waals surface area contributed by atoms with Gasteiger partial charge in [0.05, 0.1) is 0 Å². The summed E-state index contributed by atoms with van der Waals surface area (Å²) in [5, 5.41) is 19.0. The van der Waals surface area contributed by atoms with E-state index >= 15 is 0 Å². The number of aliphatic hydroxyl groups excluding tert-OH is 1. The predicted molar refractivity (Wildman–Crippen MR) is 89.8 cm³/mol. The summed E-state index contributed by atoms with van der Waals surface area (Å²) >= 11 is 0. The summed E-state index contributed by atoms with van der Waals surface area (Å²) in [5.74, 6) is 2.03. The molecule has 3 heteroatoms. The van der Waals surface area contributed by atoms with Crippen LogP contribution in [-0.2, 0) is 4.89 Å². The van der Waals surface area contributed by atoms with Gasteiger partial charge in [-0.1, -0.05) is 26.3 Å². The lowest BCUT2D eigenvalue weighted by Crippen LogP contribution is -2.57. The number of hydrogen-bond donors (Lipinski definition) is 2. The molecule has 3 fully saturated rings. The standard InChI is InChI=1S/C20H32O3/c1-18(13-21)7-3-8-19(2)16(18)6-9-20-10-14(4-5-17(19)20)15(11-20)12-23-22/h11,14,16-17,21-22H,3-10,12-13H2,1-2H3/t14-,16-,17+,18+,19-,20+/m1/s1. The van der Waals surface area contributed by atoms with E-state index in [1.165, 1.54) is 56.9 Å². The van der Waals surface area contributed by atoms with Gasteiger partial charge < -0.3 is 5.11 Å². The van der Waals surface area contributed by atoms with Gasteiger partial charge in [-0.15, -0.1) is 0 Å². The smallest absolute Gasteiger partial charge is 0.103 e. The zero-order valence-corrected chi connectivity index (χ0v) is 14.7. The Hall–Kier alpha value is -0.380. The van der Waals surface area contributed by atoms with Gasteiger partial charge in [-0.2, -0.15) is 0 Å². The maximum Gasteiger partial charge on any atom is 0.103 e. The molecule has 0 aromatic carbocycles. The molecule has 3 saturated carbocycles. The minimum Gasteiger partial charge on any atom is -0.396 e. The average molecular weight is 320 g/mol. The molecule has 4 rings (SSSR count). The fourth-order valence-electron chi connectivity index (χ4n) is 7.61. The Morgan fingerprint density at radius 1 is 1.13 bits per heavy atom. The lowest BCUT2D eigenvalue weighted by molar-refractivity contribution is -0.235. The number of aliphatic hydroxyl groups is 1. The van der Waals surface area contributed by atoms with E-state index in [-0.39, 0.29) is 5.41 Å². The van der Waals surface area contributed by atoms with Crippen molar-refractivity contribution >= 4 is 0 Å². The molecule has 0 radical (unpaired) electrons. The van der Waals surface area contributed by atoms with Gasteiger partial charge in [0.15, 0.2) is 0 Å². The second-order valence-corrected chi connectivity index (χ2v) is 9.52. The number of hydrogen-bond acceptors (Lipinski definition) is 3. The van der Waals surface area contributed by atoms with Crippen LogP contribution < -0.4 is 0 Å². The second kappa shape index (κ2) is 5.31. The topological polar surface area (TPSA) is 49.7 Å². The molecule has 6 atom stereocenters. The van der Waals surface area contributed by atoms with Crippen LogP contribution in [0.25, 0.3) is 0 Å². The molecule has 0 amide bonds. The maximum atomic E-state index is 10.1. The Bertz CT molecular complexity index is 515. The maximum absolute atomic E-state index is 10.1. The SMILES string of the molecule is C[C@@]1(CO)CCC[C@]2(C)[C@@H]1CC[C@]13C=C(COO)[C@H](CC[C@H]12)C3. The van der Waals surface area contributed by atoms with Crippen LogP contribution in [0.15, 0.2) is 11.6 Å². The van der Waals surface area contributed by atoms with Crippen LogP contribution in [0.1, 0.15) is 65.2 Å². The van der Waals surface area contributed by atoms with Crippen LogP contribution >= 0.6 is 0 Å². The van der Waals surface area contributed by atoms with Crippen molar-refractivity contribution in [1.29, 1.82) is 0 Å². The molecule has 2 N–H and O–H groups in total. The first-order valence-corrected chi connectivity index (χ1v) is 9.56. The van der Waals surface area contributed by atoms with E-state index in [9.17, 15) is 5.11 Å². The molecule has 4 aliphatic carbocycles. The van der Waals surface area contributed by atoms with Crippen LogP contribution in [-0.4, -0.2) is 23.6 Å². The average Bonchev–Trinajstić information content (AvgIpc) is 2.78. The minimum absolute atomic E-state index is 0.116. The molecule has 130 valence electrons. The van der Waals surface area contributed by atoms with E-state index in [2.05, 4.69) is 24.8 Å². The third kappa shape index (κ3) is 2.12. The van der Waals surface area contributed by atoms with Crippen molar-refractivity contribution in [2.24, 2.45) is 34.0 Å². The van der Waals surface area contributed by atoms with Gasteiger partial charge >= 0.3 is 0 Å². The molecule has 0 aromatic rings. The van der Waals surface area contributed by atoms with Crippen LogP contribution in [0.4, 0.5) is 0 Å². The molecule has 1 spiro atoms. The van der Waals surface area contributed by atoms with Crippen LogP contribution in [0.3, 0.4) is 0 Å². The first kappa shape index (κ1) is 16.1. The summed E-state index contributed by atoms with van der Waals surface area (Å²) in [7, 11) is 0. The molecule has 0 saturated heterocycles. The third-order valence-electron chi connectivity index (χ3n) is 8.51. The number of fused-ring (bicyclic) bond motifs is 3. The summed E-state index contributed by atoms with van der Waals surface area (Å²) in [6.07, 6.45) is 12.6. The number of rotatable bonds is 3. The van der Waals surface area contributed by atoms with Crippen molar-refractivity contribution < 1.29 is 15.3 Å². The Morgan fingerprint density at radius 2 is 1.96 bits per heavy atom. The second-order valence-electron chi connectivity index (χ2n) is 9.52. The highest BCUT2D eigenvalue weighted by Crippen LogP contribution is 2.70. The Labute approximate surface area is 140 Å². The largest absolute Gasteiger partial charge is 0.396 e. The van der Waals surface area contributed by atoms with Gasteiger partial charge in [0, 0.05) is 6.61 Å². The van der Waals surface area contributed by atoms with E-state index in [1.54, 1.807) is 0 Å². The normalized spacial score (nSPS) is 51.8. The molecule has 0 aromatic heterocycles. The molecule has 0 aliphatic heterocycles. The fraction of sp³-hybridized carbons (Fsp3) is 0.900. The molecule has 0 heterocycles. The van der Waals surface area contributed by atoms with E-state index in [0.29, 0.717) is 35.9 Å². The highest BCUT2D eigenvalue weighted by atomic mass is 17.1. The Balaban J connectivity index is 1.70. The molecular formula is C20H32O3. The quantitative estimate of drug-likeness (QED) is 0.460. The molecular weight excluding hydrogens is 288 g/mol. The first-order chi connectivity index (χ1) is 11.0. The van der Waals surface area contributed by atoms with Crippen molar-refractivity contribution in [2.45, 2.75) is 65.2 Å². The van der Waals surface area contributed by atoms with E-state index in [1.807, 2.05) is 0 Å². The van der Waals surface area contributed by atoms with Crippen molar-refractivity contribution in [3.63, 3.8) is 0 Å². The van der Waals surface area contributed by atoms with E-state index in [0.717, 1.165) is 5.92 Å². The van der Waals surface area contributed by atoms with Crippen molar-refractivity contribution in [1.82, 2.24) is 0 Å². The molecule has 2 bridgehead atoms. The van der Waals surface area contributed by atoms with Gasteiger partial charge in [-0.25, -0.2) is 4.89 Å². The van der Waals surface area contributed by atoms with Crippen molar-refractivity contribution in [3.8, 4) is 0 Å². The van der Waals surface area contributed by atoms with Gasteiger partial charge in [0.2, 0.25) is 0 Å². The molecule has 4 aliphatic rings. The van der Waals surface area contributed by atoms with Gasteiger partial charge in [-0.05, 0) is 84.5 Å². The zero-order valence-electron chi connectivity index (χ0n) is 14.7. The summed E-state index contributed by atoms with van der Waals surface area (Å²) in [5.41, 5.74) is 2.17. The number of allylic oxidation sites excluding steroid dienone is 1. The van der Waals surface area contributed by atoms with Crippen LogP contribution in [0.5, 0.6) is 0 Å². The van der Waals surface area contributed by atoms with Crippen LogP contribution in [0.2, 0.25) is 0 Å². The summed E-state index contributed by atoms with van der Waals surface area (Å²) in [6.45, 7) is 5.60. The lowest BCUT2D eigenvalue weighted by Gasteiger charge is -2.64. The van der Waals surface area contributed by atoms with Gasteiger partial charge in [0.25, 0.3) is 0 Å². The van der Waals surface area contributed by atoms with Gasteiger partial charge in [0.1, 0.15) is 6.61 Å². The Morgan fingerprint density at radius 3 is 2.70 bits per heavy atom. The fourth-order valence-corrected chi connectivity index (χ4v) is 7.61. The third-order valence-corrected chi connectivity index (χ3v) is 8.51. The lowest BCUT2D eigenvalue weighted by atomic mass is 9.41. The summed E-state index contributed by atoms with van der Waals surface area (Å²) in [4.78, 5) is 4.49. The summed E-state index contributed by atoms with van der Waals surface area (Å²) < 4.78 is 0. The predicted octanol–water partition coefficient (Wildman–Crippen LogP) is 4.42. The first-order valence-electron chi connectivity index (χ1n) is 9.56. The van der Waals surface area contributed by atoms with E-state index in [4.69, 9.17) is 5.26 Å².